The van der Waals surface area contributed by atoms with Gasteiger partial charge in [0.1, 0.15) is 14.4 Å². The van der Waals surface area contributed by atoms with Gasteiger partial charge in [0.05, 0.1) is 0 Å². The van der Waals surface area contributed by atoms with Crippen LogP contribution in [0.25, 0.3) is 11.1 Å². The third kappa shape index (κ3) is 6.86. The van der Waals surface area contributed by atoms with Crippen LogP contribution in [0.2, 0.25) is 11.1 Å². The molecule has 0 radical (unpaired) electrons. The summed E-state index contributed by atoms with van der Waals surface area (Å²) < 4.78 is 0. The van der Waals surface area contributed by atoms with E-state index in [4.69, 9.17) is 0 Å². The molecule has 0 N–H and O–H groups in total. The molecular weight excluding hydrogens is 464 g/mol. The highest BCUT2D eigenvalue weighted by molar-refractivity contribution is 7.07. The lowest BCUT2D eigenvalue weighted by molar-refractivity contribution is 0.112. The molecule has 1 heterocycles. The van der Waals surface area contributed by atoms with E-state index in [1.807, 2.05) is 0 Å². The van der Waals surface area contributed by atoms with Gasteiger partial charge in [-0.1, -0.05) is 173 Å². The number of hydrogen-bond acceptors (Lipinski definition) is 1. The molecule has 0 bridgehead atoms. The van der Waals surface area contributed by atoms with Gasteiger partial charge in [0, 0.05) is 5.56 Å². The topological polar surface area (TPSA) is 17.1 Å². The van der Waals surface area contributed by atoms with Gasteiger partial charge in [-0.15, -0.1) is 0 Å². The minimum atomic E-state index is -2.12. The van der Waals surface area contributed by atoms with Crippen molar-refractivity contribution in [1.82, 2.24) is 0 Å². The first kappa shape index (κ1) is 29.9. The van der Waals surface area contributed by atoms with E-state index in [-0.39, 0.29) is 0 Å². The monoisotopic (exact) mass is 518 g/mol. The highest BCUT2D eigenvalue weighted by atomic mass is 28.3. The van der Waals surface area contributed by atoms with Crippen LogP contribution in [-0.2, 0) is 0 Å². The molecule has 0 saturated heterocycles. The molecule has 2 atom stereocenters. The molecule has 2 aromatic rings. The zero-order valence-electron chi connectivity index (χ0n) is 24.5. The molecule has 0 aliphatic carbocycles. The van der Waals surface area contributed by atoms with Crippen molar-refractivity contribution in [2.24, 2.45) is 0 Å². The molecule has 3 rings (SSSR count). The van der Waals surface area contributed by atoms with Crippen molar-refractivity contribution in [3.63, 3.8) is 0 Å². The Morgan fingerprint density at radius 1 is 0.595 bits per heavy atom. The first-order valence-corrected chi connectivity index (χ1v) is 18.0. The summed E-state index contributed by atoms with van der Waals surface area (Å²) in [6, 6.07) is 16.2. The van der Waals surface area contributed by atoms with Gasteiger partial charge in [-0.05, 0) is 32.6 Å². The van der Waals surface area contributed by atoms with E-state index < -0.39 is 8.07 Å². The van der Waals surface area contributed by atoms with Crippen LogP contribution in [0.3, 0.4) is 0 Å². The number of rotatable bonds is 19. The van der Waals surface area contributed by atoms with Crippen molar-refractivity contribution in [3.05, 3.63) is 48.0 Å². The van der Waals surface area contributed by atoms with E-state index in [9.17, 15) is 4.79 Å². The molecule has 2 unspecified atom stereocenters. The van der Waals surface area contributed by atoms with Crippen molar-refractivity contribution in [2.75, 3.05) is 0 Å². The Morgan fingerprint density at radius 3 is 1.68 bits per heavy atom. The van der Waals surface area contributed by atoms with Gasteiger partial charge in [-0.3, -0.25) is 4.79 Å². The summed E-state index contributed by atoms with van der Waals surface area (Å²) >= 11 is 0. The fraction of sp³-hybridized carbons (Fsp3) is 0.629. The second kappa shape index (κ2) is 15.7. The lowest BCUT2D eigenvalue weighted by Gasteiger charge is -2.45. The fourth-order valence-electron chi connectivity index (χ4n) is 7.53. The summed E-state index contributed by atoms with van der Waals surface area (Å²) in [6.45, 7) is 9.42. The summed E-state index contributed by atoms with van der Waals surface area (Å²) in [4.78, 5) is 12.0. The van der Waals surface area contributed by atoms with Gasteiger partial charge in [-0.2, -0.15) is 0 Å². The number of unbranched alkanes of at least 4 members (excludes halogenated alkanes) is 8. The molecule has 1 aliphatic heterocycles. The van der Waals surface area contributed by atoms with Gasteiger partial charge in [0.2, 0.25) is 0 Å². The number of fused-ring (bicyclic) bond motifs is 3. The summed E-state index contributed by atoms with van der Waals surface area (Å²) in [5.74, 6) is 0. The Balaban J connectivity index is 2.13. The van der Waals surface area contributed by atoms with Crippen LogP contribution >= 0.6 is 0 Å². The molecule has 0 aromatic heterocycles. The Labute approximate surface area is 229 Å². The molecule has 0 spiro atoms. The summed E-state index contributed by atoms with van der Waals surface area (Å²) in [5, 5.41) is 3.31. The van der Waals surface area contributed by atoms with E-state index in [1.54, 1.807) is 10.4 Å². The quantitative estimate of drug-likeness (QED) is 0.103. The summed E-state index contributed by atoms with van der Waals surface area (Å²) in [6.07, 6.45) is 22.5. The van der Waals surface area contributed by atoms with Crippen molar-refractivity contribution >= 4 is 24.7 Å². The minimum absolute atomic E-state index is 0.760. The average Bonchev–Trinajstić information content (AvgIpc) is 3.22. The maximum atomic E-state index is 12.0. The standard InChI is InChI=1S/C35H54OSi/c1-5-9-11-13-15-21-30(19-7-3)37(31(20-8-4)22-16-14-12-10-6-2)34-24-18-17-23-32(34)33-26-25-29(28-36)27-35(33)37/h17-18,23-28,30-31H,5-16,19-22H2,1-4H3. The highest BCUT2D eigenvalue weighted by Gasteiger charge is 2.54. The minimum Gasteiger partial charge on any atom is -0.298 e. The fourth-order valence-corrected chi connectivity index (χ4v) is 15.2. The third-order valence-corrected chi connectivity index (χ3v) is 15.5. The van der Waals surface area contributed by atoms with Crippen molar-refractivity contribution in [3.8, 4) is 11.1 Å². The SMILES string of the molecule is CCCCCCCC(CCC)[Si]1(C(CCC)CCCCCCC)c2ccccc2-c2ccc(C=O)cc21. The van der Waals surface area contributed by atoms with E-state index in [2.05, 4.69) is 70.2 Å². The maximum Gasteiger partial charge on any atom is 0.150 e. The summed E-state index contributed by atoms with van der Waals surface area (Å²) in [5.41, 5.74) is 5.33. The number of benzene rings is 2. The first-order chi connectivity index (χ1) is 18.2. The van der Waals surface area contributed by atoms with Gasteiger partial charge in [0.15, 0.2) is 0 Å². The van der Waals surface area contributed by atoms with Crippen molar-refractivity contribution in [2.45, 2.75) is 142 Å². The molecule has 2 heteroatoms. The lowest BCUT2D eigenvalue weighted by Crippen LogP contribution is -2.62. The summed E-state index contributed by atoms with van der Waals surface area (Å²) in [7, 11) is -2.12. The van der Waals surface area contributed by atoms with Gasteiger partial charge in [0.25, 0.3) is 0 Å². The maximum absolute atomic E-state index is 12.0. The van der Waals surface area contributed by atoms with Crippen LogP contribution in [0.5, 0.6) is 0 Å². The van der Waals surface area contributed by atoms with E-state index >= 15 is 0 Å². The van der Waals surface area contributed by atoms with Gasteiger partial charge < -0.3 is 0 Å². The highest BCUT2D eigenvalue weighted by Crippen LogP contribution is 2.49. The normalized spacial score (nSPS) is 17.8. The lowest BCUT2D eigenvalue weighted by atomic mass is 10.0. The molecule has 2 aromatic carbocycles. The molecular formula is C35H54OSi. The Hall–Kier alpha value is -1.67. The van der Waals surface area contributed by atoms with E-state index in [0.717, 1.165) is 22.9 Å². The molecule has 1 nitrogen and oxygen atoms in total. The smallest absolute Gasteiger partial charge is 0.150 e. The van der Waals surface area contributed by atoms with Crippen LogP contribution in [0.4, 0.5) is 0 Å². The molecule has 37 heavy (non-hydrogen) atoms. The second-order valence-electron chi connectivity index (χ2n) is 11.7. The molecule has 0 fully saturated rings. The molecule has 0 amide bonds. The second-order valence-corrected chi connectivity index (χ2v) is 16.2. The van der Waals surface area contributed by atoms with Crippen LogP contribution in [0, 0.1) is 0 Å². The van der Waals surface area contributed by atoms with Gasteiger partial charge in [-0.25, -0.2) is 0 Å². The average molecular weight is 519 g/mol. The Morgan fingerprint density at radius 2 is 1.14 bits per heavy atom. The molecule has 1 aliphatic rings. The number of hydrogen-bond donors (Lipinski definition) is 0. The predicted octanol–water partition coefficient (Wildman–Crippen LogP) is 10.1. The van der Waals surface area contributed by atoms with Crippen LogP contribution in [-0.4, -0.2) is 14.4 Å². The Kier molecular flexibility index (Phi) is 12.7. The number of carbonyl (C=O) groups excluding carboxylic acids is 1. The van der Waals surface area contributed by atoms with Crippen LogP contribution in [0.1, 0.15) is 141 Å². The predicted molar refractivity (Wildman–Crippen MR) is 166 cm³/mol. The zero-order valence-corrected chi connectivity index (χ0v) is 25.5. The van der Waals surface area contributed by atoms with Crippen LogP contribution in [0.15, 0.2) is 42.5 Å². The largest absolute Gasteiger partial charge is 0.298 e. The number of carbonyl (C=O) groups is 1. The molecule has 204 valence electrons. The molecule has 0 saturated carbocycles. The first-order valence-electron chi connectivity index (χ1n) is 15.9. The van der Waals surface area contributed by atoms with Crippen molar-refractivity contribution in [1.29, 1.82) is 0 Å². The van der Waals surface area contributed by atoms with Crippen LogP contribution < -0.4 is 10.4 Å². The zero-order chi connectivity index (χ0) is 26.5. The Bertz CT molecular complexity index is 924. The van der Waals surface area contributed by atoms with E-state index in [0.29, 0.717) is 0 Å². The van der Waals surface area contributed by atoms with Crippen molar-refractivity contribution < 1.29 is 4.79 Å². The third-order valence-electron chi connectivity index (χ3n) is 9.16. The number of aldehydes is 1. The van der Waals surface area contributed by atoms with E-state index in [1.165, 1.54) is 114 Å². The van der Waals surface area contributed by atoms with Gasteiger partial charge >= 0.3 is 0 Å².